The van der Waals surface area contributed by atoms with Crippen molar-refractivity contribution in [3.8, 4) is 0 Å². The van der Waals surface area contributed by atoms with Gasteiger partial charge in [-0.05, 0) is 38.1 Å². The van der Waals surface area contributed by atoms with Crippen LogP contribution in [0, 0.1) is 5.92 Å². The van der Waals surface area contributed by atoms with Crippen molar-refractivity contribution in [2.45, 2.75) is 25.9 Å². The smallest absolute Gasteiger partial charge is 0.0361 e. The monoisotopic (exact) mass is 221 g/mol. The summed E-state index contributed by atoms with van der Waals surface area (Å²) in [6, 6.07) is 4.97. The van der Waals surface area contributed by atoms with Gasteiger partial charge in [0.2, 0.25) is 0 Å². The number of hydrogen-bond donors (Lipinski definition) is 1. The average molecular weight is 221 g/mol. The standard InChI is InChI=1S/C13H23N3/c1-11-10-15(2)8-6-13(11)14-9-12-5-4-7-16(12)3/h4-5,7,11,13-14H,6,8-10H2,1-3H3. The summed E-state index contributed by atoms with van der Waals surface area (Å²) in [5.74, 6) is 0.749. The zero-order valence-electron chi connectivity index (χ0n) is 10.6. The van der Waals surface area contributed by atoms with Crippen molar-refractivity contribution in [2.75, 3.05) is 20.1 Å². The molecule has 1 fully saturated rings. The number of hydrogen-bond acceptors (Lipinski definition) is 2. The molecule has 1 aromatic heterocycles. The fourth-order valence-electron chi connectivity index (χ4n) is 2.57. The zero-order chi connectivity index (χ0) is 11.5. The van der Waals surface area contributed by atoms with Crippen molar-refractivity contribution in [3.63, 3.8) is 0 Å². The van der Waals surface area contributed by atoms with Gasteiger partial charge in [0.05, 0.1) is 0 Å². The molecule has 1 aliphatic rings. The first-order chi connectivity index (χ1) is 7.66. The summed E-state index contributed by atoms with van der Waals surface area (Å²) in [5, 5.41) is 3.69. The van der Waals surface area contributed by atoms with E-state index in [1.807, 2.05) is 0 Å². The Hall–Kier alpha value is -0.800. The molecule has 0 bridgehead atoms. The molecule has 1 aromatic rings. The highest BCUT2D eigenvalue weighted by Gasteiger charge is 2.23. The van der Waals surface area contributed by atoms with Crippen LogP contribution in [0.15, 0.2) is 18.3 Å². The molecule has 2 heterocycles. The van der Waals surface area contributed by atoms with Gasteiger partial charge in [-0.15, -0.1) is 0 Å². The third-order valence-electron chi connectivity index (χ3n) is 3.71. The van der Waals surface area contributed by atoms with Crippen molar-refractivity contribution in [1.82, 2.24) is 14.8 Å². The Kier molecular flexibility index (Phi) is 3.66. The molecule has 0 amide bonds. The highest BCUT2D eigenvalue weighted by molar-refractivity contribution is 5.06. The van der Waals surface area contributed by atoms with Gasteiger partial charge in [0.1, 0.15) is 0 Å². The molecule has 2 rings (SSSR count). The summed E-state index contributed by atoms with van der Waals surface area (Å²) in [6.07, 6.45) is 3.37. The van der Waals surface area contributed by atoms with Crippen molar-refractivity contribution < 1.29 is 0 Å². The number of nitrogens with zero attached hydrogens (tertiary/aromatic N) is 2. The first kappa shape index (κ1) is 11.7. The molecule has 16 heavy (non-hydrogen) atoms. The SMILES string of the molecule is CC1CN(C)CCC1NCc1cccn1C. The fraction of sp³-hybridized carbons (Fsp3) is 0.692. The van der Waals surface area contributed by atoms with Gasteiger partial charge < -0.3 is 14.8 Å². The molecule has 0 spiro atoms. The van der Waals surface area contributed by atoms with Crippen LogP contribution in [0.5, 0.6) is 0 Å². The molecule has 1 N–H and O–H groups in total. The van der Waals surface area contributed by atoms with E-state index in [2.05, 4.69) is 54.1 Å². The third kappa shape index (κ3) is 2.66. The van der Waals surface area contributed by atoms with E-state index in [-0.39, 0.29) is 0 Å². The summed E-state index contributed by atoms with van der Waals surface area (Å²) in [6.45, 7) is 5.76. The van der Waals surface area contributed by atoms with Crippen LogP contribution in [0.1, 0.15) is 19.0 Å². The minimum atomic E-state index is 0.672. The van der Waals surface area contributed by atoms with Gasteiger partial charge >= 0.3 is 0 Å². The fourth-order valence-corrected chi connectivity index (χ4v) is 2.57. The van der Waals surface area contributed by atoms with Gasteiger partial charge in [-0.1, -0.05) is 6.92 Å². The van der Waals surface area contributed by atoms with Gasteiger partial charge in [-0.3, -0.25) is 0 Å². The van der Waals surface area contributed by atoms with Crippen LogP contribution in [0.25, 0.3) is 0 Å². The zero-order valence-corrected chi connectivity index (χ0v) is 10.6. The Bertz CT molecular complexity index is 332. The summed E-state index contributed by atoms with van der Waals surface area (Å²) >= 11 is 0. The largest absolute Gasteiger partial charge is 0.353 e. The Balaban J connectivity index is 1.84. The van der Waals surface area contributed by atoms with E-state index in [0.29, 0.717) is 6.04 Å². The molecule has 2 unspecified atom stereocenters. The molecule has 1 aliphatic heterocycles. The summed E-state index contributed by atoms with van der Waals surface area (Å²) in [5.41, 5.74) is 1.37. The maximum atomic E-state index is 3.69. The number of aromatic nitrogens is 1. The van der Waals surface area contributed by atoms with Crippen LogP contribution in [0.2, 0.25) is 0 Å². The molecule has 3 heteroatoms. The number of nitrogens with one attached hydrogen (secondary N) is 1. The number of rotatable bonds is 3. The topological polar surface area (TPSA) is 20.2 Å². The molecule has 3 nitrogen and oxygen atoms in total. The predicted octanol–water partition coefficient (Wildman–Crippen LogP) is 1.45. The lowest BCUT2D eigenvalue weighted by Gasteiger charge is -2.35. The quantitative estimate of drug-likeness (QED) is 0.834. The van der Waals surface area contributed by atoms with E-state index in [1.54, 1.807) is 0 Å². The van der Waals surface area contributed by atoms with Crippen LogP contribution >= 0.6 is 0 Å². The van der Waals surface area contributed by atoms with E-state index in [1.165, 1.54) is 25.2 Å². The molecule has 0 radical (unpaired) electrons. The second-order valence-electron chi connectivity index (χ2n) is 5.13. The molecule has 1 saturated heterocycles. The predicted molar refractivity (Wildman–Crippen MR) is 67.3 cm³/mol. The Morgan fingerprint density at radius 2 is 2.25 bits per heavy atom. The van der Waals surface area contributed by atoms with Crippen LogP contribution in [0.3, 0.4) is 0 Å². The van der Waals surface area contributed by atoms with E-state index < -0.39 is 0 Å². The molecule has 0 aromatic carbocycles. The molecule has 0 aliphatic carbocycles. The van der Waals surface area contributed by atoms with Crippen molar-refractivity contribution >= 4 is 0 Å². The van der Waals surface area contributed by atoms with Gasteiger partial charge in [-0.2, -0.15) is 0 Å². The Morgan fingerprint density at radius 1 is 1.44 bits per heavy atom. The number of aryl methyl sites for hydroxylation is 1. The van der Waals surface area contributed by atoms with Gasteiger partial charge in [0, 0.05) is 38.1 Å². The summed E-state index contributed by atoms with van der Waals surface area (Å²) < 4.78 is 2.19. The highest BCUT2D eigenvalue weighted by atomic mass is 15.1. The lowest BCUT2D eigenvalue weighted by molar-refractivity contribution is 0.174. The van der Waals surface area contributed by atoms with Crippen molar-refractivity contribution in [3.05, 3.63) is 24.0 Å². The van der Waals surface area contributed by atoms with Crippen LogP contribution in [-0.4, -0.2) is 35.6 Å². The normalized spacial score (nSPS) is 27.2. The molecular formula is C13H23N3. The maximum Gasteiger partial charge on any atom is 0.0361 e. The molecule has 2 atom stereocenters. The first-order valence-corrected chi connectivity index (χ1v) is 6.19. The summed E-state index contributed by atoms with van der Waals surface area (Å²) in [7, 11) is 4.32. The minimum Gasteiger partial charge on any atom is -0.353 e. The highest BCUT2D eigenvalue weighted by Crippen LogP contribution is 2.15. The lowest BCUT2D eigenvalue weighted by atomic mass is 9.94. The van der Waals surface area contributed by atoms with Crippen molar-refractivity contribution in [1.29, 1.82) is 0 Å². The molecular weight excluding hydrogens is 198 g/mol. The molecule has 90 valence electrons. The van der Waals surface area contributed by atoms with Crippen LogP contribution in [-0.2, 0) is 13.6 Å². The first-order valence-electron chi connectivity index (χ1n) is 6.19. The lowest BCUT2D eigenvalue weighted by Crippen LogP contribution is -2.46. The van der Waals surface area contributed by atoms with Crippen molar-refractivity contribution in [2.24, 2.45) is 13.0 Å². The van der Waals surface area contributed by atoms with E-state index in [9.17, 15) is 0 Å². The number of piperidine rings is 1. The number of likely N-dealkylation sites (tertiary alicyclic amines) is 1. The van der Waals surface area contributed by atoms with Crippen LogP contribution in [0.4, 0.5) is 0 Å². The van der Waals surface area contributed by atoms with Gasteiger partial charge in [-0.25, -0.2) is 0 Å². The summed E-state index contributed by atoms with van der Waals surface area (Å²) in [4.78, 5) is 2.42. The van der Waals surface area contributed by atoms with E-state index >= 15 is 0 Å². The maximum absolute atomic E-state index is 3.69. The van der Waals surface area contributed by atoms with Gasteiger partial charge in [0.15, 0.2) is 0 Å². The van der Waals surface area contributed by atoms with E-state index in [4.69, 9.17) is 0 Å². The van der Waals surface area contributed by atoms with E-state index in [0.717, 1.165) is 12.5 Å². The second-order valence-corrected chi connectivity index (χ2v) is 5.13. The van der Waals surface area contributed by atoms with Crippen LogP contribution < -0.4 is 5.32 Å². The van der Waals surface area contributed by atoms with Gasteiger partial charge in [0.25, 0.3) is 0 Å². The Labute approximate surface area is 98.4 Å². The third-order valence-corrected chi connectivity index (χ3v) is 3.71. The average Bonchev–Trinajstić information content (AvgIpc) is 2.63. The minimum absolute atomic E-state index is 0.672. The molecule has 0 saturated carbocycles. The Morgan fingerprint density at radius 3 is 2.88 bits per heavy atom. The second kappa shape index (κ2) is 5.02.